The molecular weight excluding hydrogens is 449 g/mol. The number of piperidine rings is 1. The molecule has 2 amide bonds. The maximum atomic E-state index is 15.7. The lowest BCUT2D eigenvalue weighted by atomic mass is 9.89. The molecule has 0 spiro atoms. The molecule has 1 saturated carbocycles. The summed E-state index contributed by atoms with van der Waals surface area (Å²) < 4.78 is 27.3. The molecule has 1 aliphatic carbocycles. The Labute approximate surface area is 206 Å². The Bertz CT molecular complexity index is 991. The minimum atomic E-state index is -0.591. The number of methoxy groups -OCH3 is 1. The Morgan fingerprint density at radius 3 is 2.74 bits per heavy atom. The Morgan fingerprint density at radius 2 is 2.00 bits per heavy atom. The number of carbonyl (C=O) groups is 2. The van der Waals surface area contributed by atoms with Crippen LogP contribution in [0, 0.1) is 5.82 Å². The van der Waals surface area contributed by atoms with Crippen LogP contribution in [0.2, 0.25) is 0 Å². The molecule has 1 aromatic rings. The molecule has 3 atom stereocenters. The lowest BCUT2D eigenvalue weighted by molar-refractivity contribution is -0.126. The Balaban J connectivity index is 1.27. The summed E-state index contributed by atoms with van der Waals surface area (Å²) in [6.07, 6.45) is 8.11. The summed E-state index contributed by atoms with van der Waals surface area (Å²) in [7, 11) is 1.78. The van der Waals surface area contributed by atoms with Crippen molar-refractivity contribution in [3.8, 4) is 0 Å². The molecule has 35 heavy (non-hydrogen) atoms. The summed E-state index contributed by atoms with van der Waals surface area (Å²) in [5, 5.41) is 6.52. The van der Waals surface area contributed by atoms with E-state index in [9.17, 15) is 9.59 Å². The summed E-state index contributed by atoms with van der Waals surface area (Å²) in [5.74, 6) is -0.863. The van der Waals surface area contributed by atoms with Crippen molar-refractivity contribution >= 4 is 11.8 Å². The van der Waals surface area contributed by atoms with Gasteiger partial charge in [-0.15, -0.1) is 0 Å². The van der Waals surface area contributed by atoms with Gasteiger partial charge in [-0.3, -0.25) is 9.59 Å². The average molecular weight is 486 g/mol. The van der Waals surface area contributed by atoms with Gasteiger partial charge in [0, 0.05) is 49.0 Å². The third kappa shape index (κ3) is 5.01. The van der Waals surface area contributed by atoms with Gasteiger partial charge in [0.15, 0.2) is 0 Å². The SMILES string of the molecule is C=C1CCC(N2Cc3c(ccc(C[C@H]4OCCC[C@@H]4N[C@H]4CC[C@H](OC)CC4)c3F)C2=O)C(=O)N1. The monoisotopic (exact) mass is 485 g/mol. The number of nitrogens with one attached hydrogen (secondary N) is 2. The molecule has 2 N–H and O–H groups in total. The minimum Gasteiger partial charge on any atom is -0.381 e. The molecule has 0 aromatic heterocycles. The maximum absolute atomic E-state index is 15.7. The number of hydrogen-bond acceptors (Lipinski definition) is 5. The van der Waals surface area contributed by atoms with E-state index in [1.807, 2.05) is 0 Å². The van der Waals surface area contributed by atoms with Gasteiger partial charge in [0.05, 0.1) is 18.8 Å². The minimum absolute atomic E-state index is 0.111. The predicted octanol–water partition coefficient (Wildman–Crippen LogP) is 3.21. The van der Waals surface area contributed by atoms with Crippen LogP contribution in [-0.4, -0.2) is 60.8 Å². The first-order valence-corrected chi connectivity index (χ1v) is 12.9. The van der Waals surface area contributed by atoms with E-state index in [1.54, 1.807) is 19.2 Å². The number of ether oxygens (including phenoxy) is 2. The van der Waals surface area contributed by atoms with Crippen molar-refractivity contribution in [2.24, 2.45) is 0 Å². The van der Waals surface area contributed by atoms with Crippen molar-refractivity contribution in [1.82, 2.24) is 15.5 Å². The van der Waals surface area contributed by atoms with E-state index < -0.39 is 6.04 Å². The van der Waals surface area contributed by atoms with Crippen molar-refractivity contribution in [2.45, 2.75) is 94.7 Å². The number of halogens is 1. The largest absolute Gasteiger partial charge is 0.381 e. The third-order valence-corrected chi connectivity index (χ3v) is 8.16. The van der Waals surface area contributed by atoms with Crippen molar-refractivity contribution in [3.05, 3.63) is 46.9 Å². The standard InChI is InChI=1S/C27H36FN3O4/c1-16-5-12-23(26(32)29-16)31-15-21-20(27(31)33)11-6-17(25(21)28)14-24-22(4-3-13-35-24)30-18-7-9-19(34-2)10-8-18/h6,11,18-19,22-24,30H,1,3-5,7-10,12-15H2,2H3,(H,29,32)/t18-,19-,22-,23?,24+/m0/s1. The third-order valence-electron chi connectivity index (χ3n) is 8.16. The van der Waals surface area contributed by atoms with Crippen LogP contribution >= 0.6 is 0 Å². The van der Waals surface area contributed by atoms with E-state index in [2.05, 4.69) is 17.2 Å². The van der Waals surface area contributed by atoms with E-state index in [1.165, 1.54) is 4.90 Å². The van der Waals surface area contributed by atoms with Gasteiger partial charge < -0.3 is 25.0 Å². The highest BCUT2D eigenvalue weighted by molar-refractivity contribution is 6.01. The van der Waals surface area contributed by atoms with Crippen LogP contribution in [0.3, 0.4) is 0 Å². The summed E-state index contributed by atoms with van der Waals surface area (Å²) in [5.41, 5.74) is 1.98. The zero-order valence-electron chi connectivity index (χ0n) is 20.5. The normalized spacial score (nSPS) is 31.4. The number of amides is 2. The Kier molecular flexibility index (Phi) is 7.23. The van der Waals surface area contributed by atoms with E-state index in [4.69, 9.17) is 9.47 Å². The molecule has 2 saturated heterocycles. The Hall–Kier alpha value is -2.29. The number of fused-ring (bicyclic) bond motifs is 1. The molecule has 3 aliphatic heterocycles. The van der Waals surface area contributed by atoms with E-state index >= 15 is 4.39 Å². The lowest BCUT2D eigenvalue weighted by Gasteiger charge is -2.37. The highest BCUT2D eigenvalue weighted by Gasteiger charge is 2.40. The number of hydrogen-bond donors (Lipinski definition) is 2. The van der Waals surface area contributed by atoms with Crippen LogP contribution in [-0.2, 0) is 27.2 Å². The predicted molar refractivity (Wildman–Crippen MR) is 129 cm³/mol. The summed E-state index contributed by atoms with van der Waals surface area (Å²) in [4.78, 5) is 27.0. The van der Waals surface area contributed by atoms with E-state index in [0.29, 0.717) is 60.4 Å². The second-order valence-electron chi connectivity index (χ2n) is 10.4. The molecule has 7 nitrogen and oxygen atoms in total. The van der Waals surface area contributed by atoms with Crippen molar-refractivity contribution in [2.75, 3.05) is 13.7 Å². The average Bonchev–Trinajstić information content (AvgIpc) is 3.19. The first-order valence-electron chi connectivity index (χ1n) is 12.9. The number of benzene rings is 1. The van der Waals surface area contributed by atoms with Gasteiger partial charge in [-0.2, -0.15) is 0 Å². The number of allylic oxidation sites excluding steroid dienone is 1. The number of carbonyl (C=O) groups excluding carboxylic acids is 2. The molecular formula is C27H36FN3O4. The maximum Gasteiger partial charge on any atom is 0.255 e. The molecule has 0 radical (unpaired) electrons. The van der Waals surface area contributed by atoms with Gasteiger partial charge >= 0.3 is 0 Å². The van der Waals surface area contributed by atoms with Crippen LogP contribution in [0.1, 0.15) is 72.9 Å². The Morgan fingerprint density at radius 1 is 1.20 bits per heavy atom. The second kappa shape index (κ2) is 10.4. The highest BCUT2D eigenvalue weighted by atomic mass is 19.1. The van der Waals surface area contributed by atoms with Crippen LogP contribution in [0.15, 0.2) is 24.4 Å². The molecule has 5 rings (SSSR count). The van der Waals surface area contributed by atoms with Gasteiger partial charge in [0.1, 0.15) is 11.9 Å². The second-order valence-corrected chi connectivity index (χ2v) is 10.4. The zero-order chi connectivity index (χ0) is 24.5. The summed E-state index contributed by atoms with van der Waals surface area (Å²) in [6, 6.07) is 3.46. The molecule has 0 bridgehead atoms. The van der Waals surface area contributed by atoms with Crippen LogP contribution < -0.4 is 10.6 Å². The highest BCUT2D eigenvalue weighted by Crippen LogP contribution is 2.33. The fourth-order valence-electron chi connectivity index (χ4n) is 6.11. The van der Waals surface area contributed by atoms with Crippen LogP contribution in [0.25, 0.3) is 0 Å². The summed E-state index contributed by atoms with van der Waals surface area (Å²) in [6.45, 7) is 4.60. The zero-order valence-corrected chi connectivity index (χ0v) is 20.5. The van der Waals surface area contributed by atoms with Gasteiger partial charge in [0.2, 0.25) is 5.91 Å². The van der Waals surface area contributed by atoms with Gasteiger partial charge in [-0.25, -0.2) is 4.39 Å². The topological polar surface area (TPSA) is 79.9 Å². The molecule has 1 unspecified atom stereocenters. The van der Waals surface area contributed by atoms with Gasteiger partial charge in [-0.1, -0.05) is 12.6 Å². The quantitative estimate of drug-likeness (QED) is 0.647. The van der Waals surface area contributed by atoms with Crippen LogP contribution in [0.4, 0.5) is 4.39 Å². The fraction of sp³-hybridized carbons (Fsp3) is 0.630. The molecule has 3 heterocycles. The van der Waals surface area contributed by atoms with E-state index in [-0.39, 0.29) is 36.3 Å². The molecule has 190 valence electrons. The van der Waals surface area contributed by atoms with Gasteiger partial charge in [0.25, 0.3) is 5.91 Å². The first-order chi connectivity index (χ1) is 16.9. The molecule has 1 aromatic carbocycles. The smallest absolute Gasteiger partial charge is 0.255 e. The first kappa shape index (κ1) is 24.4. The van der Waals surface area contributed by atoms with Crippen molar-refractivity contribution < 1.29 is 23.5 Å². The molecule has 3 fully saturated rings. The fourth-order valence-corrected chi connectivity index (χ4v) is 6.11. The van der Waals surface area contributed by atoms with Crippen molar-refractivity contribution in [3.63, 3.8) is 0 Å². The molecule has 4 aliphatic rings. The number of rotatable bonds is 6. The number of nitrogens with zero attached hydrogens (tertiary/aromatic N) is 1. The summed E-state index contributed by atoms with van der Waals surface area (Å²) >= 11 is 0. The lowest BCUT2D eigenvalue weighted by Crippen LogP contribution is -2.50. The van der Waals surface area contributed by atoms with E-state index in [0.717, 1.165) is 38.5 Å². The molecule has 8 heteroatoms. The van der Waals surface area contributed by atoms with Crippen LogP contribution in [0.5, 0.6) is 0 Å². The van der Waals surface area contributed by atoms with Crippen molar-refractivity contribution in [1.29, 1.82) is 0 Å². The van der Waals surface area contributed by atoms with Gasteiger partial charge in [-0.05, 0) is 63.0 Å².